The minimum absolute atomic E-state index is 0.224. The second kappa shape index (κ2) is 5.71. The first-order chi connectivity index (χ1) is 8.27. The Morgan fingerprint density at radius 2 is 1.83 bits per heavy atom. The van der Waals surface area contributed by atoms with E-state index in [-0.39, 0.29) is 12.1 Å². The molecule has 0 heterocycles. The van der Waals surface area contributed by atoms with Gasteiger partial charge in [0.25, 0.3) is 0 Å². The second-order valence-corrected chi connectivity index (χ2v) is 4.53. The van der Waals surface area contributed by atoms with Crippen molar-refractivity contribution in [2.24, 2.45) is 0 Å². The molecule has 0 spiro atoms. The van der Waals surface area contributed by atoms with Gasteiger partial charge in [-0.05, 0) is 37.6 Å². The largest absolute Gasteiger partial charge is 0.416 e. The van der Waals surface area contributed by atoms with Gasteiger partial charge >= 0.3 is 6.18 Å². The van der Waals surface area contributed by atoms with Crippen molar-refractivity contribution in [3.63, 3.8) is 0 Å². The van der Waals surface area contributed by atoms with Crippen molar-refractivity contribution in [2.75, 3.05) is 13.1 Å². The highest BCUT2D eigenvalue weighted by Crippen LogP contribution is 2.31. The molecule has 1 unspecified atom stereocenters. The van der Waals surface area contributed by atoms with Crippen LogP contribution in [-0.2, 0) is 11.8 Å². The van der Waals surface area contributed by atoms with Gasteiger partial charge in [-0.2, -0.15) is 13.2 Å². The lowest BCUT2D eigenvalue weighted by atomic mass is 9.94. The predicted octanol–water partition coefficient (Wildman–Crippen LogP) is 2.91. The van der Waals surface area contributed by atoms with Crippen molar-refractivity contribution < 1.29 is 18.3 Å². The Morgan fingerprint density at radius 1 is 1.22 bits per heavy atom. The molecule has 0 saturated heterocycles. The molecule has 18 heavy (non-hydrogen) atoms. The molecule has 0 amide bonds. The Morgan fingerprint density at radius 3 is 2.39 bits per heavy atom. The van der Waals surface area contributed by atoms with Crippen LogP contribution in [0.5, 0.6) is 0 Å². The summed E-state index contributed by atoms with van der Waals surface area (Å²) in [4.78, 5) is 0. The van der Waals surface area contributed by atoms with E-state index in [1.165, 1.54) is 19.1 Å². The van der Waals surface area contributed by atoms with Crippen molar-refractivity contribution >= 4 is 0 Å². The third-order valence-corrected chi connectivity index (χ3v) is 2.71. The highest BCUT2D eigenvalue weighted by molar-refractivity contribution is 5.29. The Balaban J connectivity index is 2.88. The maximum absolute atomic E-state index is 12.6. The zero-order valence-electron chi connectivity index (χ0n) is 10.5. The Bertz CT molecular complexity index is 388. The number of alkyl halides is 3. The summed E-state index contributed by atoms with van der Waals surface area (Å²) >= 11 is 0. The summed E-state index contributed by atoms with van der Waals surface area (Å²) in [5.41, 5.74) is -1.78. The molecule has 1 atom stereocenters. The molecule has 5 heteroatoms. The van der Waals surface area contributed by atoms with E-state index in [1.54, 1.807) is 0 Å². The number of aliphatic hydroxyl groups is 1. The lowest BCUT2D eigenvalue weighted by molar-refractivity contribution is -0.137. The van der Waals surface area contributed by atoms with Crippen LogP contribution >= 0.6 is 0 Å². The molecule has 0 saturated carbocycles. The van der Waals surface area contributed by atoms with Crippen LogP contribution in [0.2, 0.25) is 0 Å². The monoisotopic (exact) mass is 261 g/mol. The van der Waals surface area contributed by atoms with Crippen molar-refractivity contribution in [3.05, 3.63) is 35.4 Å². The molecule has 0 radical (unpaired) electrons. The fraction of sp³-hybridized carbons (Fsp3) is 0.538. The van der Waals surface area contributed by atoms with E-state index in [1.807, 2.05) is 6.92 Å². The number of rotatable bonds is 5. The minimum Gasteiger partial charge on any atom is -0.384 e. The number of hydrogen-bond acceptors (Lipinski definition) is 2. The summed E-state index contributed by atoms with van der Waals surface area (Å²) in [5, 5.41) is 13.2. The predicted molar refractivity (Wildman–Crippen MR) is 64.2 cm³/mol. The van der Waals surface area contributed by atoms with Crippen LogP contribution in [-0.4, -0.2) is 18.2 Å². The lowest BCUT2D eigenvalue weighted by Gasteiger charge is -2.25. The molecular formula is C13H18F3NO. The number of halogens is 3. The highest BCUT2D eigenvalue weighted by atomic mass is 19.4. The molecule has 0 aliphatic rings. The molecular weight excluding hydrogens is 243 g/mol. The summed E-state index contributed by atoms with van der Waals surface area (Å²) < 4.78 is 37.7. The maximum Gasteiger partial charge on any atom is 0.416 e. The average Bonchev–Trinajstić information content (AvgIpc) is 2.28. The van der Waals surface area contributed by atoms with Gasteiger partial charge in [0, 0.05) is 6.54 Å². The van der Waals surface area contributed by atoms with Gasteiger partial charge in [0.1, 0.15) is 0 Å². The van der Waals surface area contributed by atoms with Crippen LogP contribution in [0.25, 0.3) is 0 Å². The van der Waals surface area contributed by atoms with Crippen molar-refractivity contribution in [1.29, 1.82) is 0 Å². The first-order valence-corrected chi connectivity index (χ1v) is 5.88. The van der Waals surface area contributed by atoms with E-state index in [4.69, 9.17) is 0 Å². The first-order valence-electron chi connectivity index (χ1n) is 5.88. The van der Waals surface area contributed by atoms with E-state index >= 15 is 0 Å². The van der Waals surface area contributed by atoms with Gasteiger partial charge in [-0.3, -0.25) is 0 Å². The maximum atomic E-state index is 12.6. The van der Waals surface area contributed by atoms with Gasteiger partial charge in [0.15, 0.2) is 0 Å². The van der Waals surface area contributed by atoms with Gasteiger partial charge in [0.2, 0.25) is 0 Å². The summed E-state index contributed by atoms with van der Waals surface area (Å²) in [6.45, 7) is 4.42. The first kappa shape index (κ1) is 15.0. The summed E-state index contributed by atoms with van der Waals surface area (Å²) in [6.07, 6.45) is -3.48. The van der Waals surface area contributed by atoms with Gasteiger partial charge in [0.05, 0.1) is 11.2 Å². The van der Waals surface area contributed by atoms with Crippen LogP contribution in [0, 0.1) is 0 Å². The topological polar surface area (TPSA) is 32.3 Å². The third kappa shape index (κ3) is 3.99. The van der Waals surface area contributed by atoms with Gasteiger partial charge in [-0.25, -0.2) is 0 Å². The summed E-state index contributed by atoms with van der Waals surface area (Å²) in [7, 11) is 0. The lowest BCUT2D eigenvalue weighted by Crippen LogP contribution is -2.35. The average molecular weight is 261 g/mol. The van der Waals surface area contributed by atoms with E-state index in [0.29, 0.717) is 0 Å². The van der Waals surface area contributed by atoms with Gasteiger partial charge < -0.3 is 10.4 Å². The van der Waals surface area contributed by atoms with Crippen molar-refractivity contribution in [1.82, 2.24) is 5.32 Å². The smallest absolute Gasteiger partial charge is 0.384 e. The van der Waals surface area contributed by atoms with Gasteiger partial charge in [-0.1, -0.05) is 19.1 Å². The molecule has 2 N–H and O–H groups in total. The Kier molecular flexibility index (Phi) is 4.76. The molecule has 0 fully saturated rings. The summed E-state index contributed by atoms with van der Waals surface area (Å²) in [6, 6.07) is 4.81. The van der Waals surface area contributed by atoms with Crippen LogP contribution in [0.1, 0.15) is 31.4 Å². The SMILES string of the molecule is CCCNCC(C)(O)c1cccc(C(F)(F)F)c1. The Labute approximate surface area is 105 Å². The second-order valence-electron chi connectivity index (χ2n) is 4.53. The minimum atomic E-state index is -4.39. The van der Waals surface area contributed by atoms with Crippen LogP contribution in [0.4, 0.5) is 13.2 Å². The molecule has 102 valence electrons. The molecule has 0 bridgehead atoms. The molecule has 0 aliphatic carbocycles. The molecule has 1 aromatic carbocycles. The number of nitrogens with one attached hydrogen (secondary N) is 1. The van der Waals surface area contributed by atoms with Crippen LogP contribution in [0.15, 0.2) is 24.3 Å². The van der Waals surface area contributed by atoms with Crippen LogP contribution in [0.3, 0.4) is 0 Å². The molecule has 1 rings (SSSR count). The quantitative estimate of drug-likeness (QED) is 0.799. The molecule has 0 aromatic heterocycles. The van der Waals surface area contributed by atoms with E-state index in [0.717, 1.165) is 25.1 Å². The highest BCUT2D eigenvalue weighted by Gasteiger charge is 2.32. The summed E-state index contributed by atoms with van der Waals surface area (Å²) in [5.74, 6) is 0. The van der Waals surface area contributed by atoms with E-state index in [9.17, 15) is 18.3 Å². The van der Waals surface area contributed by atoms with E-state index < -0.39 is 17.3 Å². The number of hydrogen-bond donors (Lipinski definition) is 2. The number of benzene rings is 1. The normalized spacial score (nSPS) is 15.4. The molecule has 0 aliphatic heterocycles. The zero-order chi connectivity index (χ0) is 13.8. The zero-order valence-corrected chi connectivity index (χ0v) is 10.5. The fourth-order valence-electron chi connectivity index (χ4n) is 1.64. The molecule has 2 nitrogen and oxygen atoms in total. The van der Waals surface area contributed by atoms with Crippen molar-refractivity contribution in [3.8, 4) is 0 Å². The fourth-order valence-corrected chi connectivity index (χ4v) is 1.64. The van der Waals surface area contributed by atoms with Gasteiger partial charge in [-0.15, -0.1) is 0 Å². The Hall–Kier alpha value is -1.07. The molecule has 1 aromatic rings. The van der Waals surface area contributed by atoms with Crippen LogP contribution < -0.4 is 5.32 Å². The standard InChI is InChI=1S/C13H18F3NO/c1-3-7-17-9-12(2,18)10-5-4-6-11(8-10)13(14,15)16/h4-6,8,17-18H,3,7,9H2,1-2H3. The van der Waals surface area contributed by atoms with Crippen molar-refractivity contribution in [2.45, 2.75) is 32.0 Å². The van der Waals surface area contributed by atoms with E-state index in [2.05, 4.69) is 5.32 Å². The third-order valence-electron chi connectivity index (χ3n) is 2.71.